The Morgan fingerprint density at radius 2 is 1.73 bits per heavy atom. The Kier molecular flexibility index (Phi) is 8.33. The summed E-state index contributed by atoms with van der Waals surface area (Å²) in [4.78, 5) is 12.0. The summed E-state index contributed by atoms with van der Waals surface area (Å²) in [6, 6.07) is 10.3. The molecule has 30 heavy (non-hydrogen) atoms. The molecular weight excluding hydrogens is 397 g/mol. The van der Waals surface area contributed by atoms with Crippen molar-refractivity contribution in [3.63, 3.8) is 0 Å². The second-order valence-corrected chi connectivity index (χ2v) is 6.45. The summed E-state index contributed by atoms with van der Waals surface area (Å²) < 4.78 is 54.1. The first-order valence-electron chi connectivity index (χ1n) is 9.63. The number of esters is 1. The van der Waals surface area contributed by atoms with E-state index in [1.807, 2.05) is 6.92 Å². The number of carbonyl (C=O) groups is 1. The van der Waals surface area contributed by atoms with Gasteiger partial charge < -0.3 is 14.2 Å². The zero-order chi connectivity index (χ0) is 22.1. The van der Waals surface area contributed by atoms with Crippen LogP contribution in [0.1, 0.15) is 37.0 Å². The standard InChI is InChI=1S/C23H25F3O4/c1-4-18(22(27)29-5-2)14-17-8-11-20(28-3)21(15-17)30-13-12-16-6-9-19(10-7-16)23(24,25)26/h6-11,14-15H,4-5,12-13H2,1-3H3/b18-14-. The predicted octanol–water partition coefficient (Wildman–Crippen LogP) is 5.69. The summed E-state index contributed by atoms with van der Waals surface area (Å²) in [6.07, 6.45) is -1.66. The molecular formula is C23H25F3O4. The number of benzene rings is 2. The van der Waals surface area contributed by atoms with Crippen molar-refractivity contribution in [1.29, 1.82) is 0 Å². The van der Waals surface area contributed by atoms with Crippen LogP contribution in [0.25, 0.3) is 6.08 Å². The summed E-state index contributed by atoms with van der Waals surface area (Å²) in [5.74, 6) is 0.645. The molecule has 0 fully saturated rings. The van der Waals surface area contributed by atoms with E-state index in [-0.39, 0.29) is 12.6 Å². The van der Waals surface area contributed by atoms with Gasteiger partial charge in [-0.2, -0.15) is 13.2 Å². The van der Waals surface area contributed by atoms with Gasteiger partial charge in [0.1, 0.15) is 0 Å². The Morgan fingerprint density at radius 1 is 1.03 bits per heavy atom. The van der Waals surface area contributed by atoms with Crippen molar-refractivity contribution >= 4 is 12.0 Å². The summed E-state index contributed by atoms with van der Waals surface area (Å²) >= 11 is 0. The largest absolute Gasteiger partial charge is 0.493 e. The normalized spacial score (nSPS) is 11.9. The maximum atomic E-state index is 12.7. The van der Waals surface area contributed by atoms with E-state index in [4.69, 9.17) is 14.2 Å². The number of rotatable bonds is 9. The molecule has 2 rings (SSSR count). The van der Waals surface area contributed by atoms with Gasteiger partial charge in [0.2, 0.25) is 0 Å². The van der Waals surface area contributed by atoms with Crippen LogP contribution in [0.5, 0.6) is 11.5 Å². The fourth-order valence-corrected chi connectivity index (χ4v) is 2.77. The quantitative estimate of drug-likeness (QED) is 0.385. The van der Waals surface area contributed by atoms with Crippen molar-refractivity contribution in [3.8, 4) is 11.5 Å². The average molecular weight is 422 g/mol. The minimum atomic E-state index is -4.35. The molecule has 0 atom stereocenters. The third kappa shape index (κ3) is 6.54. The van der Waals surface area contributed by atoms with Crippen LogP contribution in [0, 0.1) is 0 Å². The molecule has 162 valence electrons. The number of hydrogen-bond donors (Lipinski definition) is 0. The first-order chi connectivity index (χ1) is 14.3. The Morgan fingerprint density at radius 3 is 2.30 bits per heavy atom. The Bertz CT molecular complexity index is 871. The predicted molar refractivity (Wildman–Crippen MR) is 109 cm³/mol. The maximum absolute atomic E-state index is 12.7. The molecule has 0 bridgehead atoms. The second kappa shape index (κ2) is 10.7. The van der Waals surface area contributed by atoms with Crippen molar-refractivity contribution in [2.24, 2.45) is 0 Å². The minimum absolute atomic E-state index is 0.257. The van der Waals surface area contributed by atoms with Crippen LogP contribution in [-0.2, 0) is 22.1 Å². The molecule has 0 aliphatic carbocycles. The molecule has 0 saturated heterocycles. The highest BCUT2D eigenvalue weighted by molar-refractivity contribution is 5.93. The lowest BCUT2D eigenvalue weighted by Crippen LogP contribution is -2.07. The van der Waals surface area contributed by atoms with E-state index in [2.05, 4.69) is 0 Å². The lowest BCUT2D eigenvalue weighted by molar-refractivity contribution is -0.139. The summed E-state index contributed by atoms with van der Waals surface area (Å²) in [5, 5.41) is 0. The monoisotopic (exact) mass is 422 g/mol. The van der Waals surface area contributed by atoms with Crippen LogP contribution >= 0.6 is 0 Å². The highest BCUT2D eigenvalue weighted by atomic mass is 19.4. The van der Waals surface area contributed by atoms with Gasteiger partial charge in [-0.15, -0.1) is 0 Å². The van der Waals surface area contributed by atoms with Gasteiger partial charge in [-0.05, 0) is 54.8 Å². The van der Waals surface area contributed by atoms with E-state index in [0.717, 1.165) is 23.3 Å². The molecule has 0 spiro atoms. The third-order valence-corrected chi connectivity index (χ3v) is 4.38. The molecule has 0 aliphatic rings. The van der Waals surface area contributed by atoms with Crippen LogP contribution in [-0.4, -0.2) is 26.3 Å². The zero-order valence-corrected chi connectivity index (χ0v) is 17.2. The lowest BCUT2D eigenvalue weighted by atomic mass is 10.1. The average Bonchev–Trinajstić information content (AvgIpc) is 2.72. The van der Waals surface area contributed by atoms with E-state index >= 15 is 0 Å². The molecule has 0 aromatic heterocycles. The van der Waals surface area contributed by atoms with Crippen molar-refractivity contribution in [2.45, 2.75) is 32.9 Å². The molecule has 0 saturated carbocycles. The van der Waals surface area contributed by atoms with Crippen molar-refractivity contribution in [2.75, 3.05) is 20.3 Å². The molecule has 0 N–H and O–H groups in total. The van der Waals surface area contributed by atoms with Gasteiger partial charge >= 0.3 is 12.1 Å². The molecule has 7 heteroatoms. The smallest absolute Gasteiger partial charge is 0.416 e. The van der Waals surface area contributed by atoms with Gasteiger partial charge in [0.25, 0.3) is 0 Å². The van der Waals surface area contributed by atoms with E-state index in [1.54, 1.807) is 31.2 Å². The molecule has 4 nitrogen and oxygen atoms in total. The van der Waals surface area contributed by atoms with E-state index < -0.39 is 11.7 Å². The Balaban J connectivity index is 2.09. The number of carbonyl (C=O) groups excluding carboxylic acids is 1. The Labute approximate surface area is 174 Å². The molecule has 0 amide bonds. The number of halogens is 3. The summed E-state index contributed by atoms with van der Waals surface area (Å²) in [5.41, 5.74) is 1.35. The van der Waals surface area contributed by atoms with Gasteiger partial charge in [0.05, 0.1) is 25.9 Å². The van der Waals surface area contributed by atoms with Crippen molar-refractivity contribution in [3.05, 3.63) is 64.7 Å². The maximum Gasteiger partial charge on any atom is 0.416 e. The fraction of sp³-hybridized carbons (Fsp3) is 0.348. The van der Waals surface area contributed by atoms with Crippen molar-refractivity contribution in [1.82, 2.24) is 0 Å². The molecule has 0 radical (unpaired) electrons. The zero-order valence-electron chi connectivity index (χ0n) is 17.2. The van der Waals surface area contributed by atoms with Crippen molar-refractivity contribution < 1.29 is 32.2 Å². The number of alkyl halides is 3. The van der Waals surface area contributed by atoms with E-state index in [1.165, 1.54) is 19.2 Å². The number of ether oxygens (including phenoxy) is 3. The van der Waals surface area contributed by atoms with Gasteiger partial charge in [0.15, 0.2) is 11.5 Å². The van der Waals surface area contributed by atoms with Gasteiger partial charge in [0, 0.05) is 12.0 Å². The lowest BCUT2D eigenvalue weighted by Gasteiger charge is -2.12. The van der Waals surface area contributed by atoms with Gasteiger partial charge in [-0.3, -0.25) is 0 Å². The molecule has 0 heterocycles. The fourth-order valence-electron chi connectivity index (χ4n) is 2.77. The summed E-state index contributed by atoms with van der Waals surface area (Å²) in [7, 11) is 1.52. The van der Waals surface area contributed by atoms with Crippen LogP contribution < -0.4 is 9.47 Å². The Hall–Kier alpha value is -2.96. The summed E-state index contributed by atoms with van der Waals surface area (Å²) in [6.45, 7) is 4.18. The highest BCUT2D eigenvalue weighted by Gasteiger charge is 2.29. The van der Waals surface area contributed by atoms with Crippen LogP contribution in [0.15, 0.2) is 48.0 Å². The molecule has 2 aromatic rings. The third-order valence-electron chi connectivity index (χ3n) is 4.38. The minimum Gasteiger partial charge on any atom is -0.493 e. The van der Waals surface area contributed by atoms with Crippen LogP contribution in [0.4, 0.5) is 13.2 Å². The molecule has 0 aliphatic heterocycles. The van der Waals surface area contributed by atoms with Crippen LogP contribution in [0.3, 0.4) is 0 Å². The van der Waals surface area contributed by atoms with Gasteiger partial charge in [-0.1, -0.05) is 25.1 Å². The first kappa shape index (κ1) is 23.3. The van der Waals surface area contributed by atoms with E-state index in [0.29, 0.717) is 36.5 Å². The number of methoxy groups -OCH3 is 1. The topological polar surface area (TPSA) is 44.8 Å². The van der Waals surface area contributed by atoms with Gasteiger partial charge in [-0.25, -0.2) is 4.79 Å². The molecule has 2 aromatic carbocycles. The first-order valence-corrected chi connectivity index (χ1v) is 9.63. The SMILES string of the molecule is CCOC(=O)/C(=C\c1ccc(OC)c(OCCc2ccc(C(F)(F)F)cc2)c1)CC. The molecule has 0 unspecified atom stereocenters. The second-order valence-electron chi connectivity index (χ2n) is 6.45. The van der Waals surface area contributed by atoms with E-state index in [9.17, 15) is 18.0 Å². The highest BCUT2D eigenvalue weighted by Crippen LogP contribution is 2.30. The van der Waals surface area contributed by atoms with Crippen LogP contribution in [0.2, 0.25) is 0 Å². The number of hydrogen-bond acceptors (Lipinski definition) is 4.